The Morgan fingerprint density at radius 1 is 0.353 bits per heavy atom. The number of H-pyrrole nitrogens is 4. The van der Waals surface area contributed by atoms with Crippen molar-refractivity contribution in [1.82, 2.24) is 19.9 Å². The van der Waals surface area contributed by atoms with Gasteiger partial charge in [-0.25, -0.2) is 14.4 Å². The van der Waals surface area contributed by atoms with Crippen LogP contribution in [0.4, 0.5) is 33.2 Å². The molecule has 546 valence electrons. The Labute approximate surface area is 603 Å². The Hall–Kier alpha value is -11.4. The lowest BCUT2D eigenvalue weighted by Crippen LogP contribution is -2.25. The topological polar surface area (TPSA) is 301 Å². The number of nitrogens with one attached hydrogen (secondary N) is 9. The van der Waals surface area contributed by atoms with Crippen LogP contribution in [0.1, 0.15) is 121 Å². The van der Waals surface area contributed by atoms with E-state index in [4.69, 9.17) is 18.6 Å². The first-order valence-electron chi connectivity index (χ1n) is 29.9. The molecule has 0 bridgehead atoms. The van der Waals surface area contributed by atoms with Crippen LogP contribution in [0.15, 0.2) is 181 Å². The minimum absolute atomic E-state index is 0. The third-order valence-electron chi connectivity index (χ3n) is 14.4. The summed E-state index contributed by atoms with van der Waals surface area (Å²) in [7, 11) is 0. The van der Waals surface area contributed by atoms with Crippen LogP contribution in [0.25, 0.3) is 33.0 Å². The molecule has 8 aromatic carbocycles. The zero-order valence-electron chi connectivity index (χ0n) is 53.1. The number of hydrogen-bond acceptors (Lipinski definition) is 13. The zero-order valence-corrected chi connectivity index (χ0v) is 53.9. The average molecular weight is 1410 g/mol. The largest absolute Gasteiger partial charge is 0.491 e. The molecule has 21 nitrogen and oxygen atoms in total. The first-order chi connectivity index (χ1) is 45.0. The van der Waals surface area contributed by atoms with Gasteiger partial charge in [0.25, 0.3) is 5.91 Å². The van der Waals surface area contributed by atoms with Gasteiger partial charge in [0.15, 0.2) is 12.2 Å². The Balaban J connectivity index is 0.000000577. The van der Waals surface area contributed by atoms with Crippen molar-refractivity contribution in [3.63, 3.8) is 0 Å². The summed E-state index contributed by atoms with van der Waals surface area (Å²) in [5, 5.41) is 14.9. The molecular formula is C80H103N9O12S. The van der Waals surface area contributed by atoms with E-state index in [0.717, 1.165) is 112 Å². The smallest absolute Gasteiger partial charge is 0.417 e. The van der Waals surface area contributed by atoms with Crippen LogP contribution in [-0.2, 0) is 36.9 Å². The van der Waals surface area contributed by atoms with Crippen LogP contribution in [0.5, 0.6) is 11.5 Å². The highest BCUT2D eigenvalue weighted by Crippen LogP contribution is 2.32. The van der Waals surface area contributed by atoms with E-state index in [0.29, 0.717) is 37.4 Å². The summed E-state index contributed by atoms with van der Waals surface area (Å²) in [5.74, 6) is 1.78. The Bertz CT molecular complexity index is 4570. The number of fused-ring (bicyclic) bond motifs is 8. The van der Waals surface area contributed by atoms with Crippen LogP contribution in [-0.4, -0.2) is 68.6 Å². The minimum atomic E-state index is -0.398. The summed E-state index contributed by atoms with van der Waals surface area (Å²) in [6.07, 6.45) is 0.594. The predicted octanol–water partition coefficient (Wildman–Crippen LogP) is 18.1. The Kier molecular flexibility index (Phi) is 35.8. The Morgan fingerprint density at radius 3 is 1.47 bits per heavy atom. The maximum absolute atomic E-state index is 11.2. The van der Waals surface area contributed by atoms with Gasteiger partial charge in [-0.05, 0) is 196 Å². The van der Waals surface area contributed by atoms with Crippen molar-refractivity contribution in [2.24, 2.45) is 0 Å². The minimum Gasteiger partial charge on any atom is -0.491 e. The quantitative estimate of drug-likeness (QED) is 0.0683. The molecule has 0 saturated heterocycles. The van der Waals surface area contributed by atoms with E-state index >= 15 is 0 Å². The van der Waals surface area contributed by atoms with Crippen molar-refractivity contribution < 1.29 is 42.6 Å². The molecule has 0 aliphatic carbocycles. The van der Waals surface area contributed by atoms with Gasteiger partial charge in [-0.15, -0.1) is 11.8 Å². The van der Waals surface area contributed by atoms with E-state index in [9.17, 15) is 38.4 Å². The van der Waals surface area contributed by atoms with Gasteiger partial charge in [-0.1, -0.05) is 126 Å². The number of benzene rings is 8. The number of imidazole rings is 1. The van der Waals surface area contributed by atoms with Crippen molar-refractivity contribution in [2.75, 3.05) is 45.6 Å². The van der Waals surface area contributed by atoms with Crippen molar-refractivity contribution in [3.8, 4) is 11.5 Å². The van der Waals surface area contributed by atoms with Gasteiger partial charge >= 0.3 is 17.5 Å². The molecule has 11 aromatic rings. The predicted molar refractivity (Wildman–Crippen MR) is 423 cm³/mol. The van der Waals surface area contributed by atoms with Crippen LogP contribution >= 0.6 is 11.8 Å². The molecule has 0 spiro atoms. The highest BCUT2D eigenvalue weighted by molar-refractivity contribution is 8.00. The second-order valence-corrected chi connectivity index (χ2v) is 23.6. The van der Waals surface area contributed by atoms with E-state index in [1.165, 1.54) is 22.1 Å². The normalized spacial score (nSPS) is 12.3. The van der Waals surface area contributed by atoms with Gasteiger partial charge in [-0.2, -0.15) is 0 Å². The number of oxazole rings is 1. The molecule has 5 amide bonds. The fourth-order valence-electron chi connectivity index (χ4n) is 9.75. The van der Waals surface area contributed by atoms with E-state index in [1.54, 1.807) is 17.8 Å². The SMILES string of the molecule is C.C.C.C.C.C.C.C.Cc1ccc2[nH]c(=O)[nH]c2c1.Cc1ccc2c(c1)NC(=O)C2.Cc1ccc2c(c1)NC(=O)CCO2.Cc1ccc2c(c1)NC(=O)CO2.Cc1ccc2c(c1)NC(=O)CS2.Cc1ccc2c(c1)NC(=O)OC2.Cc1ccc2ccc(=O)[nH]c2c1.Cc1ccc2oc(=O)[nH]c2c1. The van der Waals surface area contributed by atoms with Crippen LogP contribution in [0, 0.1) is 55.4 Å². The number of hydrogen-bond donors (Lipinski definition) is 9. The lowest BCUT2D eigenvalue weighted by Gasteiger charge is -2.17. The standard InChI is InChI=1S/C10H11NO2.C10H9NO.2C9H9NO2.C9H9NOS.C9H9NO.C8H8N2O.C8H7NO2.8CH4/c1-7-2-3-9-8(6-7)11-10(12)4-5-13-9;1-7-2-3-8-4-5-10(12)11-9(8)6-7;1-6-2-3-8-7(4-6)10-9(11)5-12-8;1-6-2-3-7-5-12-9(11)10-8(7)4-6;1-6-2-3-8-7(4-6)10-9(11)5-12-8;1-6-2-3-7-5-9(11)10-8(7)4-6;1-5-2-3-6-7(4-5)10-8(11)9-6;1-5-2-3-7-6(4-5)9-8(10)11-7;;;;;;;;/h2-3,6H,4-5H2,1H3,(H,11,12);2-6H,1H3,(H,11,12);3*2-4H,5H2,1H3,(H,10,11);2-4H,5H2,1H3,(H,10,11);2-4H,1H3,(H2,9,10,11);2-4H,1H3,(H,9,10);8*1H4. The number of aromatic amines is 4. The van der Waals surface area contributed by atoms with Crippen molar-refractivity contribution >= 4 is 103 Å². The molecule has 0 saturated carbocycles. The number of amides is 5. The first kappa shape index (κ1) is 88.6. The van der Waals surface area contributed by atoms with Gasteiger partial charge in [0.1, 0.15) is 18.1 Å². The molecule has 8 heterocycles. The van der Waals surface area contributed by atoms with Crippen LogP contribution in [0.3, 0.4) is 0 Å². The van der Waals surface area contributed by atoms with Crippen LogP contribution < -0.4 is 53.1 Å². The number of rotatable bonds is 0. The average Bonchev–Trinajstić information content (AvgIpc) is 1.13. The number of cyclic esters (lactones) is 1. The number of carbonyl (C=O) groups excluding carboxylic acids is 5. The summed E-state index contributed by atoms with van der Waals surface area (Å²) < 4.78 is 20.2. The van der Waals surface area contributed by atoms with Gasteiger partial charge < -0.3 is 54.8 Å². The molecule has 9 N–H and O–H groups in total. The second-order valence-electron chi connectivity index (χ2n) is 22.6. The summed E-state index contributed by atoms with van der Waals surface area (Å²) in [6.45, 7) is 16.9. The molecule has 102 heavy (non-hydrogen) atoms. The molecule has 5 aliphatic rings. The molecule has 16 rings (SSSR count). The molecule has 0 radical (unpaired) electrons. The third-order valence-corrected chi connectivity index (χ3v) is 15.5. The molecule has 0 unspecified atom stereocenters. The zero-order chi connectivity index (χ0) is 67.0. The third kappa shape index (κ3) is 25.7. The Morgan fingerprint density at radius 2 is 0.824 bits per heavy atom. The number of pyridine rings is 1. The number of aryl methyl sites for hydroxylation is 8. The molecule has 3 aromatic heterocycles. The summed E-state index contributed by atoms with van der Waals surface area (Å²) in [4.78, 5) is 99.1. The molecule has 0 fully saturated rings. The van der Waals surface area contributed by atoms with E-state index in [2.05, 4.69) is 58.7 Å². The van der Waals surface area contributed by atoms with Gasteiger partial charge in [-0.3, -0.25) is 34.3 Å². The molecule has 5 aliphatic heterocycles. The highest BCUT2D eigenvalue weighted by atomic mass is 32.2. The molecule has 22 heteroatoms. The number of aromatic nitrogens is 4. The monoisotopic (exact) mass is 1410 g/mol. The summed E-state index contributed by atoms with van der Waals surface area (Å²) >= 11 is 1.59. The number of anilines is 5. The molecule has 0 atom stereocenters. The maximum atomic E-state index is 11.2. The van der Waals surface area contributed by atoms with Crippen molar-refractivity contribution in [1.29, 1.82) is 0 Å². The fraction of sp³-hybridized carbons (Fsp3) is 0.275. The van der Waals surface area contributed by atoms with Gasteiger partial charge in [0.2, 0.25) is 23.3 Å². The maximum Gasteiger partial charge on any atom is 0.417 e. The fourth-order valence-corrected chi connectivity index (χ4v) is 10.5. The first-order valence-corrected chi connectivity index (χ1v) is 30.9. The van der Waals surface area contributed by atoms with E-state index < -0.39 is 5.76 Å². The van der Waals surface area contributed by atoms with Gasteiger partial charge in [0, 0.05) is 27.7 Å². The molecular weight excluding hydrogens is 1310 g/mol. The van der Waals surface area contributed by atoms with Gasteiger partial charge in [0.05, 0.1) is 64.5 Å². The summed E-state index contributed by atoms with van der Waals surface area (Å²) in [6, 6.07) is 50.2. The second kappa shape index (κ2) is 41.2. The lowest BCUT2D eigenvalue weighted by atomic mass is 10.1. The highest BCUT2D eigenvalue weighted by Gasteiger charge is 2.19. The van der Waals surface area contributed by atoms with Crippen molar-refractivity contribution in [3.05, 3.63) is 245 Å². The lowest BCUT2D eigenvalue weighted by molar-refractivity contribution is -0.119. The number of carbonyl (C=O) groups is 5. The summed E-state index contributed by atoms with van der Waals surface area (Å²) in [5.41, 5.74) is 19.4. The van der Waals surface area contributed by atoms with Crippen molar-refractivity contribution in [2.45, 2.75) is 139 Å². The number of ether oxygens (including phenoxy) is 3. The van der Waals surface area contributed by atoms with E-state index in [1.807, 2.05) is 189 Å². The van der Waals surface area contributed by atoms with E-state index in [-0.39, 0.29) is 107 Å². The van der Waals surface area contributed by atoms with Crippen LogP contribution in [0.2, 0.25) is 0 Å². The number of thioether (sulfide) groups is 1.